The van der Waals surface area contributed by atoms with E-state index < -0.39 is 53.1 Å². The third-order valence-corrected chi connectivity index (χ3v) is 20.4. The Labute approximate surface area is 418 Å². The second kappa shape index (κ2) is 24.3. The van der Waals surface area contributed by atoms with E-state index in [0.29, 0.717) is 11.8 Å². The fourth-order valence-electron chi connectivity index (χ4n) is 8.28. The van der Waals surface area contributed by atoms with Gasteiger partial charge in [-0.2, -0.15) is 12.1 Å². The van der Waals surface area contributed by atoms with Crippen molar-refractivity contribution in [3.63, 3.8) is 0 Å². The van der Waals surface area contributed by atoms with E-state index in [2.05, 4.69) is 218 Å². The van der Waals surface area contributed by atoms with E-state index >= 15 is 0 Å². The van der Waals surface area contributed by atoms with Crippen molar-refractivity contribution in [3.05, 3.63) is 107 Å². The minimum absolute atomic E-state index is 0.565. The van der Waals surface area contributed by atoms with Gasteiger partial charge in [0.15, 0.2) is 0 Å². The summed E-state index contributed by atoms with van der Waals surface area (Å²) in [7, 11) is 5.34. The van der Waals surface area contributed by atoms with Crippen molar-refractivity contribution < 1.29 is 20.8 Å². The molecular formula is C56H84Cl2Si5Zr. The average Bonchev–Trinajstić information content (AvgIpc) is 3.83. The number of rotatable bonds is 12. The minimum atomic E-state index is -1.40. The first-order chi connectivity index (χ1) is 29.7. The SMILES string of the molecule is CCCc1ccc2[cH-]c(C(C)C)cc2c1-c1cc([Si](C)(C)C)cc([Si](C)(C)C)c1.CCCc1ccc2[cH-]c(C(C)C)cc2c1-c1cc([Si](C)(C)C)cc([Si](C)(C)C)c1.C[Si]C.[Cl][Zr+2][Cl]. The Bertz CT molecular complexity index is 2180. The Hall–Kier alpha value is -1.35. The monoisotopic (exact) mass is 1060 g/mol. The average molecular weight is 1060 g/mol. The van der Waals surface area contributed by atoms with E-state index in [1.165, 1.54) is 78.9 Å². The molecule has 346 valence electrons. The van der Waals surface area contributed by atoms with E-state index in [-0.39, 0.29) is 0 Å². The van der Waals surface area contributed by atoms with Gasteiger partial charge in [-0.25, -0.2) is 0 Å². The fraction of sp³-hybridized carbons (Fsp3) is 0.464. The standard InChI is InChI=1S/2C27H39Si2.C2H6Si.2ClH.Zr/c2*1-10-11-20-12-13-21-14-22(19(2)3)17-26(21)27(20)23-15-24(28(4,5)6)18-25(16-23)29(7,8)9;1-3-2;;;/h2*12-19H,10-11H2,1-9H3;1-2H3;2*1H;/q2*-1;;;;+4/p-2. The van der Waals surface area contributed by atoms with Crippen LogP contribution in [0.3, 0.4) is 0 Å². The fourth-order valence-corrected chi connectivity index (χ4v) is 13.3. The molecule has 8 heteroatoms. The maximum atomic E-state index is 4.93. The van der Waals surface area contributed by atoms with Crippen LogP contribution in [0.15, 0.2) is 84.9 Å². The summed E-state index contributed by atoms with van der Waals surface area (Å²) in [5.41, 5.74) is 11.8. The summed E-state index contributed by atoms with van der Waals surface area (Å²) in [6.45, 7) is 47.9. The molecule has 0 spiro atoms. The Kier molecular flexibility index (Phi) is 21.6. The Balaban J connectivity index is 0.000000303. The summed E-state index contributed by atoms with van der Waals surface area (Å²) >= 11 is -0.826. The molecule has 0 heterocycles. The Morgan fingerprint density at radius 2 is 0.750 bits per heavy atom. The van der Waals surface area contributed by atoms with E-state index in [9.17, 15) is 0 Å². The molecule has 0 atom stereocenters. The predicted molar refractivity (Wildman–Crippen MR) is 307 cm³/mol. The molecule has 2 radical (unpaired) electrons. The van der Waals surface area contributed by atoms with Gasteiger partial charge in [-0.05, 0) is 35.8 Å². The predicted octanol–water partition coefficient (Wildman–Crippen LogP) is 16.9. The van der Waals surface area contributed by atoms with Crippen molar-refractivity contribution in [1.29, 1.82) is 0 Å². The van der Waals surface area contributed by atoms with Gasteiger partial charge in [-0.15, -0.1) is 69.1 Å². The van der Waals surface area contributed by atoms with Gasteiger partial charge in [0.25, 0.3) is 0 Å². The molecular weight excluding hydrogens is 975 g/mol. The number of benzene rings is 4. The molecule has 0 saturated heterocycles. The summed E-state index contributed by atoms with van der Waals surface area (Å²) in [6, 6.07) is 34.4. The molecule has 0 aliphatic heterocycles. The van der Waals surface area contributed by atoms with Crippen LogP contribution in [0.2, 0.25) is 91.7 Å². The molecule has 6 aromatic carbocycles. The Morgan fingerprint density at radius 3 is 0.969 bits per heavy atom. The molecule has 0 bridgehead atoms. The van der Waals surface area contributed by atoms with E-state index in [1.807, 2.05) is 0 Å². The third-order valence-electron chi connectivity index (χ3n) is 12.3. The van der Waals surface area contributed by atoms with Crippen LogP contribution in [0.25, 0.3) is 43.8 Å². The molecule has 64 heavy (non-hydrogen) atoms. The van der Waals surface area contributed by atoms with E-state index in [4.69, 9.17) is 17.0 Å². The number of aryl methyl sites for hydroxylation is 2. The molecule has 0 aromatic heterocycles. The van der Waals surface area contributed by atoms with Crippen molar-refractivity contribution in [1.82, 2.24) is 0 Å². The van der Waals surface area contributed by atoms with Crippen molar-refractivity contribution in [3.8, 4) is 22.3 Å². The van der Waals surface area contributed by atoms with Crippen molar-refractivity contribution in [2.75, 3.05) is 0 Å². The molecule has 0 saturated carbocycles. The number of hydrogen-bond acceptors (Lipinski definition) is 0. The summed E-state index contributed by atoms with van der Waals surface area (Å²) in [5, 5.41) is 12.1. The molecule has 0 nitrogen and oxygen atoms in total. The van der Waals surface area contributed by atoms with Gasteiger partial charge in [0, 0.05) is 9.52 Å². The second-order valence-electron chi connectivity index (χ2n) is 22.8. The van der Waals surface area contributed by atoms with Crippen molar-refractivity contribution >= 4 is 101 Å². The van der Waals surface area contributed by atoms with Crippen molar-refractivity contribution in [2.45, 2.75) is 171 Å². The number of halogens is 2. The summed E-state index contributed by atoms with van der Waals surface area (Å²) in [5.74, 6) is 1.13. The zero-order valence-electron chi connectivity index (χ0n) is 43.8. The first kappa shape index (κ1) is 57.0. The Morgan fingerprint density at radius 1 is 0.484 bits per heavy atom. The topological polar surface area (TPSA) is 0 Å². The molecule has 0 aliphatic carbocycles. The first-order valence-electron chi connectivity index (χ1n) is 24.0. The molecule has 0 fully saturated rings. The summed E-state index contributed by atoms with van der Waals surface area (Å²) in [6.07, 6.45) is 4.66. The van der Waals surface area contributed by atoms with E-state index in [0.717, 1.165) is 22.4 Å². The van der Waals surface area contributed by atoms with Crippen molar-refractivity contribution in [2.24, 2.45) is 0 Å². The van der Waals surface area contributed by atoms with Gasteiger partial charge in [-0.3, -0.25) is 0 Å². The van der Waals surface area contributed by atoms with Gasteiger partial charge in [-0.1, -0.05) is 225 Å². The molecule has 0 amide bonds. The number of fused-ring (bicyclic) bond motifs is 2. The normalized spacial score (nSPS) is 12.1. The molecule has 0 N–H and O–H groups in total. The van der Waals surface area contributed by atoms with Gasteiger partial charge < -0.3 is 0 Å². The molecule has 6 aromatic rings. The summed E-state index contributed by atoms with van der Waals surface area (Å²) < 4.78 is 0. The second-order valence-corrected chi connectivity index (χ2v) is 47.8. The van der Waals surface area contributed by atoms with E-state index in [1.54, 1.807) is 20.7 Å². The van der Waals surface area contributed by atoms with Crippen LogP contribution in [0.1, 0.15) is 88.5 Å². The van der Waals surface area contributed by atoms with Crippen LogP contribution in [0.5, 0.6) is 0 Å². The molecule has 0 unspecified atom stereocenters. The quantitative estimate of drug-likeness (QED) is 0.0846. The number of hydrogen-bond donors (Lipinski definition) is 0. The van der Waals surface area contributed by atoms with Gasteiger partial charge in [0.2, 0.25) is 0 Å². The zero-order valence-corrected chi connectivity index (χ0v) is 52.8. The molecule has 6 rings (SSSR count). The summed E-state index contributed by atoms with van der Waals surface area (Å²) in [4.78, 5) is 0. The van der Waals surface area contributed by atoms with Crippen LogP contribution >= 0.6 is 17.0 Å². The van der Waals surface area contributed by atoms with Crippen LogP contribution in [0, 0.1) is 0 Å². The van der Waals surface area contributed by atoms with Gasteiger partial charge in [0.05, 0.1) is 32.3 Å². The molecule has 0 aliphatic rings. The zero-order chi connectivity index (χ0) is 48.5. The maximum absolute atomic E-state index is 4.93. The van der Waals surface area contributed by atoms with Crippen LogP contribution < -0.4 is 20.7 Å². The van der Waals surface area contributed by atoms with Crippen LogP contribution in [-0.2, 0) is 33.7 Å². The van der Waals surface area contributed by atoms with Gasteiger partial charge >= 0.3 is 37.9 Å². The third kappa shape index (κ3) is 15.3. The first-order valence-corrected chi connectivity index (χ1v) is 46.3. The van der Waals surface area contributed by atoms with Gasteiger partial charge in [0.1, 0.15) is 0 Å². The van der Waals surface area contributed by atoms with Crippen LogP contribution in [-0.4, -0.2) is 41.8 Å². The van der Waals surface area contributed by atoms with Crippen LogP contribution in [0.4, 0.5) is 0 Å².